The lowest BCUT2D eigenvalue weighted by Crippen LogP contribution is -2.39. The number of halogens is 1. The van der Waals surface area contributed by atoms with E-state index in [1.165, 1.54) is 11.3 Å². The third kappa shape index (κ3) is 4.36. The van der Waals surface area contributed by atoms with Crippen molar-refractivity contribution in [2.24, 2.45) is 4.99 Å². The first-order chi connectivity index (χ1) is 17.4. The SMILES string of the molecule is CCOC(=O)C1=C(C)N=c2sc(=Cc3ccc(-c4cc(Cl)ccc4C)o3)c(=O)n2C1c1ccccc1. The quantitative estimate of drug-likeness (QED) is 0.348. The van der Waals surface area contributed by atoms with E-state index < -0.39 is 12.0 Å². The van der Waals surface area contributed by atoms with Gasteiger partial charge in [0, 0.05) is 16.7 Å². The van der Waals surface area contributed by atoms with Crippen LogP contribution in [0.5, 0.6) is 0 Å². The summed E-state index contributed by atoms with van der Waals surface area (Å²) < 4.78 is 13.4. The number of benzene rings is 2. The number of hydrogen-bond acceptors (Lipinski definition) is 6. The Morgan fingerprint density at radius 1 is 1.17 bits per heavy atom. The molecule has 4 aromatic rings. The monoisotopic (exact) mass is 518 g/mol. The number of nitrogens with zero attached hydrogens (tertiary/aromatic N) is 2. The van der Waals surface area contributed by atoms with Crippen LogP contribution in [0, 0.1) is 6.92 Å². The van der Waals surface area contributed by atoms with Crippen LogP contribution in [0.4, 0.5) is 0 Å². The molecule has 0 bridgehead atoms. The summed E-state index contributed by atoms with van der Waals surface area (Å²) in [6.07, 6.45) is 1.71. The van der Waals surface area contributed by atoms with Gasteiger partial charge in [0.1, 0.15) is 11.5 Å². The number of allylic oxidation sites excluding steroid dienone is 1. The molecule has 1 aliphatic heterocycles. The van der Waals surface area contributed by atoms with Crippen molar-refractivity contribution in [2.45, 2.75) is 26.8 Å². The van der Waals surface area contributed by atoms with Crippen LogP contribution in [-0.4, -0.2) is 17.1 Å². The Hall–Kier alpha value is -3.68. The molecular weight excluding hydrogens is 496 g/mol. The van der Waals surface area contributed by atoms with Crippen molar-refractivity contribution >= 4 is 35.0 Å². The van der Waals surface area contributed by atoms with Crippen molar-refractivity contribution in [3.05, 3.63) is 114 Å². The van der Waals surface area contributed by atoms with Crippen LogP contribution in [0.25, 0.3) is 17.4 Å². The molecule has 0 saturated carbocycles. The van der Waals surface area contributed by atoms with Crippen molar-refractivity contribution in [1.29, 1.82) is 0 Å². The highest BCUT2D eigenvalue weighted by Crippen LogP contribution is 2.31. The molecular formula is C28H23ClN2O4S. The van der Waals surface area contributed by atoms with Crippen molar-refractivity contribution in [2.75, 3.05) is 6.61 Å². The smallest absolute Gasteiger partial charge is 0.338 e. The van der Waals surface area contributed by atoms with Crippen molar-refractivity contribution in [1.82, 2.24) is 4.57 Å². The Balaban J connectivity index is 1.64. The van der Waals surface area contributed by atoms with Crippen LogP contribution < -0.4 is 14.9 Å². The number of esters is 1. The zero-order chi connectivity index (χ0) is 25.4. The van der Waals surface area contributed by atoms with Crippen LogP contribution in [-0.2, 0) is 9.53 Å². The lowest BCUT2D eigenvalue weighted by molar-refractivity contribution is -0.139. The fourth-order valence-corrected chi connectivity index (χ4v) is 5.51. The number of aromatic nitrogens is 1. The second-order valence-electron chi connectivity index (χ2n) is 8.37. The molecule has 8 heteroatoms. The summed E-state index contributed by atoms with van der Waals surface area (Å²) in [4.78, 5) is 31.7. The van der Waals surface area contributed by atoms with E-state index in [2.05, 4.69) is 4.99 Å². The lowest BCUT2D eigenvalue weighted by atomic mass is 9.96. The zero-order valence-corrected chi connectivity index (χ0v) is 21.5. The first kappa shape index (κ1) is 24.0. The van der Waals surface area contributed by atoms with Crippen molar-refractivity contribution in [3.63, 3.8) is 0 Å². The molecule has 0 N–H and O–H groups in total. The summed E-state index contributed by atoms with van der Waals surface area (Å²) in [5, 5.41) is 0.621. The second kappa shape index (κ2) is 9.76. The Bertz CT molecular complexity index is 1680. The summed E-state index contributed by atoms with van der Waals surface area (Å²) in [5.41, 5.74) is 3.37. The van der Waals surface area contributed by atoms with Gasteiger partial charge in [0.2, 0.25) is 0 Å². The summed E-state index contributed by atoms with van der Waals surface area (Å²) >= 11 is 7.43. The number of hydrogen-bond donors (Lipinski definition) is 0. The van der Waals surface area contributed by atoms with Gasteiger partial charge in [-0.1, -0.05) is 59.3 Å². The molecule has 6 nitrogen and oxygen atoms in total. The second-order valence-corrected chi connectivity index (χ2v) is 9.82. The van der Waals surface area contributed by atoms with E-state index in [0.29, 0.717) is 37.1 Å². The molecule has 3 heterocycles. The summed E-state index contributed by atoms with van der Waals surface area (Å²) in [6.45, 7) is 5.74. The standard InChI is InChI=1S/C28H23ClN2O4S/c1-4-34-27(33)24-17(3)30-28-31(25(24)18-8-6-5-7-9-18)26(32)23(36-28)15-20-12-13-22(35-20)21-14-19(29)11-10-16(21)2/h5-15,25H,4H2,1-3H3. The van der Waals surface area contributed by atoms with Gasteiger partial charge in [0.15, 0.2) is 4.80 Å². The number of carbonyl (C=O) groups excluding carboxylic acids is 1. The van der Waals surface area contributed by atoms with Crippen LogP contribution in [0.2, 0.25) is 5.02 Å². The van der Waals surface area contributed by atoms with Gasteiger partial charge in [0.25, 0.3) is 5.56 Å². The molecule has 0 fully saturated rings. The Labute approximate surface area is 216 Å². The number of furan rings is 1. The van der Waals surface area contributed by atoms with E-state index in [9.17, 15) is 9.59 Å². The van der Waals surface area contributed by atoms with Gasteiger partial charge in [-0.05, 0) is 56.2 Å². The van der Waals surface area contributed by atoms with Crippen LogP contribution in [0.3, 0.4) is 0 Å². The van der Waals surface area contributed by atoms with Gasteiger partial charge in [0.05, 0.1) is 28.5 Å². The molecule has 5 rings (SSSR count). The predicted octanol–water partition coefficient (Wildman–Crippen LogP) is 5.02. The first-order valence-electron chi connectivity index (χ1n) is 11.5. The maximum absolute atomic E-state index is 13.7. The average Bonchev–Trinajstić information content (AvgIpc) is 3.45. The topological polar surface area (TPSA) is 73.8 Å². The molecule has 2 aromatic heterocycles. The summed E-state index contributed by atoms with van der Waals surface area (Å²) in [6, 6.07) is 18.1. The average molecular weight is 519 g/mol. The summed E-state index contributed by atoms with van der Waals surface area (Å²) in [7, 11) is 0. The number of ether oxygens (including phenoxy) is 1. The number of thiazole rings is 1. The van der Waals surface area contributed by atoms with Crippen molar-refractivity contribution in [3.8, 4) is 11.3 Å². The predicted molar refractivity (Wildman–Crippen MR) is 141 cm³/mol. The van der Waals surface area contributed by atoms with Crippen LogP contribution in [0.15, 0.2) is 86.1 Å². The van der Waals surface area contributed by atoms with Gasteiger partial charge >= 0.3 is 5.97 Å². The zero-order valence-electron chi connectivity index (χ0n) is 19.9. The van der Waals surface area contributed by atoms with Crippen molar-refractivity contribution < 1.29 is 13.9 Å². The van der Waals surface area contributed by atoms with Crippen LogP contribution >= 0.6 is 22.9 Å². The molecule has 0 radical (unpaired) electrons. The molecule has 182 valence electrons. The van der Waals surface area contributed by atoms with E-state index in [-0.39, 0.29) is 12.2 Å². The number of carbonyl (C=O) groups is 1. The van der Waals surface area contributed by atoms with E-state index in [1.54, 1.807) is 24.5 Å². The number of fused-ring (bicyclic) bond motifs is 1. The highest BCUT2D eigenvalue weighted by atomic mass is 35.5. The highest BCUT2D eigenvalue weighted by molar-refractivity contribution is 7.07. The molecule has 1 atom stereocenters. The molecule has 1 unspecified atom stereocenters. The highest BCUT2D eigenvalue weighted by Gasteiger charge is 2.33. The molecule has 0 saturated heterocycles. The number of aryl methyl sites for hydroxylation is 1. The molecule has 0 spiro atoms. The van der Waals surface area contributed by atoms with Crippen LogP contribution in [0.1, 0.15) is 36.8 Å². The fourth-order valence-electron chi connectivity index (χ4n) is 4.31. The molecule has 2 aromatic carbocycles. The minimum Gasteiger partial charge on any atom is -0.463 e. The minimum atomic E-state index is -0.634. The molecule has 36 heavy (non-hydrogen) atoms. The van der Waals surface area contributed by atoms with E-state index in [4.69, 9.17) is 20.8 Å². The normalized spacial score (nSPS) is 15.6. The first-order valence-corrected chi connectivity index (χ1v) is 12.7. The van der Waals surface area contributed by atoms with E-state index >= 15 is 0 Å². The molecule has 1 aliphatic rings. The fraction of sp³-hybridized carbons (Fsp3) is 0.179. The Morgan fingerprint density at radius 3 is 2.69 bits per heavy atom. The van der Waals surface area contributed by atoms with Gasteiger partial charge < -0.3 is 9.15 Å². The number of rotatable bonds is 5. The third-order valence-corrected chi connectivity index (χ3v) is 7.22. The maximum atomic E-state index is 13.7. The van der Waals surface area contributed by atoms with E-state index in [1.807, 2.05) is 67.6 Å². The third-order valence-electron chi connectivity index (χ3n) is 6.00. The maximum Gasteiger partial charge on any atom is 0.338 e. The Morgan fingerprint density at radius 2 is 1.94 bits per heavy atom. The van der Waals surface area contributed by atoms with Gasteiger partial charge in [-0.2, -0.15) is 0 Å². The Kier molecular flexibility index (Phi) is 6.51. The lowest BCUT2D eigenvalue weighted by Gasteiger charge is -2.24. The van der Waals surface area contributed by atoms with Gasteiger partial charge in [-0.3, -0.25) is 9.36 Å². The summed E-state index contributed by atoms with van der Waals surface area (Å²) in [5.74, 6) is 0.721. The van der Waals surface area contributed by atoms with Gasteiger partial charge in [-0.25, -0.2) is 9.79 Å². The molecule has 0 aliphatic carbocycles. The van der Waals surface area contributed by atoms with Gasteiger partial charge in [-0.15, -0.1) is 0 Å². The largest absolute Gasteiger partial charge is 0.463 e. The van der Waals surface area contributed by atoms with E-state index in [0.717, 1.165) is 16.7 Å². The minimum absolute atomic E-state index is 0.231. The molecule has 0 amide bonds.